The van der Waals surface area contributed by atoms with Crippen LogP contribution in [0.3, 0.4) is 0 Å². The van der Waals surface area contributed by atoms with Crippen LogP contribution in [0, 0.1) is 0 Å². The zero-order valence-electron chi connectivity index (χ0n) is 15.1. The van der Waals surface area contributed by atoms with Crippen molar-refractivity contribution in [3.8, 4) is 5.82 Å². The third-order valence-corrected chi connectivity index (χ3v) is 7.68. The Kier molecular flexibility index (Phi) is 3.60. The van der Waals surface area contributed by atoms with Crippen molar-refractivity contribution in [1.82, 2.24) is 19.7 Å². The Labute approximate surface area is 157 Å². The standard InChI is InChI=1S/C18H21N5O3S/c1-27(24,25)18(4-5-18)14-12-16(22-8-10-26-11-9-22)20-17-13(14)3-7-23(17)15-2-6-19-21-15/h2-3,6-7,12H,4-5,8-11H2,1H3,(H,19,21). The number of ether oxygens (including phenoxy) is 1. The van der Waals surface area contributed by atoms with Gasteiger partial charge in [0.1, 0.15) is 17.3 Å². The van der Waals surface area contributed by atoms with Gasteiger partial charge in [0.2, 0.25) is 0 Å². The Hall–Kier alpha value is -2.39. The predicted octanol–water partition coefficient (Wildman–Crippen LogP) is 1.62. The van der Waals surface area contributed by atoms with E-state index in [1.54, 1.807) is 6.20 Å². The fraction of sp³-hybridized carbons (Fsp3) is 0.444. The number of morpholine rings is 1. The van der Waals surface area contributed by atoms with E-state index in [1.807, 2.05) is 29.0 Å². The van der Waals surface area contributed by atoms with Crippen molar-refractivity contribution in [2.45, 2.75) is 17.6 Å². The van der Waals surface area contributed by atoms with E-state index < -0.39 is 14.6 Å². The van der Waals surface area contributed by atoms with Crippen molar-refractivity contribution in [3.63, 3.8) is 0 Å². The van der Waals surface area contributed by atoms with E-state index in [9.17, 15) is 8.42 Å². The molecular weight excluding hydrogens is 366 g/mol. The molecule has 2 aliphatic rings. The number of hydrogen-bond donors (Lipinski definition) is 1. The zero-order valence-corrected chi connectivity index (χ0v) is 15.9. The Morgan fingerprint density at radius 2 is 2.00 bits per heavy atom. The Morgan fingerprint density at radius 3 is 2.63 bits per heavy atom. The molecule has 4 heterocycles. The number of fused-ring (bicyclic) bond motifs is 1. The van der Waals surface area contributed by atoms with Crippen LogP contribution in [-0.2, 0) is 19.3 Å². The normalized spacial score (nSPS) is 19.5. The zero-order chi connectivity index (χ0) is 18.6. The monoisotopic (exact) mass is 387 g/mol. The summed E-state index contributed by atoms with van der Waals surface area (Å²) >= 11 is 0. The van der Waals surface area contributed by atoms with Crippen LogP contribution >= 0.6 is 0 Å². The summed E-state index contributed by atoms with van der Waals surface area (Å²) in [6.45, 7) is 2.78. The Balaban J connectivity index is 1.75. The van der Waals surface area contributed by atoms with E-state index in [2.05, 4.69) is 15.1 Å². The van der Waals surface area contributed by atoms with E-state index in [0.29, 0.717) is 26.1 Å². The van der Waals surface area contributed by atoms with Crippen LogP contribution in [-0.4, -0.2) is 60.7 Å². The first-order valence-electron chi connectivity index (χ1n) is 9.04. The molecule has 0 atom stereocenters. The minimum atomic E-state index is -3.23. The van der Waals surface area contributed by atoms with Crippen LogP contribution in [0.15, 0.2) is 30.6 Å². The van der Waals surface area contributed by atoms with Gasteiger partial charge >= 0.3 is 0 Å². The summed E-state index contributed by atoms with van der Waals surface area (Å²) in [6, 6.07) is 5.79. The summed E-state index contributed by atoms with van der Waals surface area (Å²) < 4.78 is 31.8. The van der Waals surface area contributed by atoms with Crippen LogP contribution in [0.5, 0.6) is 0 Å². The molecule has 0 bridgehead atoms. The molecule has 0 spiro atoms. The molecule has 1 aliphatic heterocycles. The fourth-order valence-corrected chi connectivity index (χ4v) is 5.37. The van der Waals surface area contributed by atoms with Gasteiger partial charge in [0.25, 0.3) is 0 Å². The third-order valence-electron chi connectivity index (χ3n) is 5.63. The molecule has 1 saturated carbocycles. The summed E-state index contributed by atoms with van der Waals surface area (Å²) in [5, 5.41) is 7.86. The first-order valence-corrected chi connectivity index (χ1v) is 10.9. The van der Waals surface area contributed by atoms with E-state index in [1.165, 1.54) is 6.26 Å². The maximum Gasteiger partial charge on any atom is 0.157 e. The van der Waals surface area contributed by atoms with Crippen molar-refractivity contribution in [2.75, 3.05) is 37.5 Å². The van der Waals surface area contributed by atoms with Gasteiger partial charge in [0.05, 0.1) is 24.2 Å². The first kappa shape index (κ1) is 16.8. The molecule has 142 valence electrons. The fourth-order valence-electron chi connectivity index (χ4n) is 3.96. The van der Waals surface area contributed by atoms with Gasteiger partial charge in [-0.3, -0.25) is 9.67 Å². The van der Waals surface area contributed by atoms with Crippen molar-refractivity contribution < 1.29 is 13.2 Å². The average molecular weight is 387 g/mol. The number of nitrogens with zero attached hydrogens (tertiary/aromatic N) is 4. The number of anilines is 1. The summed E-state index contributed by atoms with van der Waals surface area (Å²) in [6.07, 6.45) is 6.25. The molecule has 3 aromatic rings. The van der Waals surface area contributed by atoms with E-state index in [0.717, 1.165) is 41.3 Å². The second kappa shape index (κ2) is 5.80. The molecule has 9 heteroatoms. The molecule has 8 nitrogen and oxygen atoms in total. The highest BCUT2D eigenvalue weighted by Crippen LogP contribution is 2.54. The number of aromatic nitrogens is 4. The largest absolute Gasteiger partial charge is 0.378 e. The van der Waals surface area contributed by atoms with Crippen LogP contribution < -0.4 is 4.90 Å². The van der Waals surface area contributed by atoms with Gasteiger partial charge in [-0.15, -0.1) is 0 Å². The summed E-state index contributed by atoms with van der Waals surface area (Å²) in [4.78, 5) is 7.05. The third kappa shape index (κ3) is 2.56. The lowest BCUT2D eigenvalue weighted by molar-refractivity contribution is 0.122. The number of aromatic amines is 1. The molecule has 0 amide bonds. The summed E-state index contributed by atoms with van der Waals surface area (Å²) in [7, 11) is -3.23. The van der Waals surface area contributed by atoms with Crippen molar-refractivity contribution >= 4 is 26.7 Å². The SMILES string of the molecule is CS(=O)(=O)C1(c2cc(N3CCOCC3)nc3c2ccn3-c2ccn[nH]2)CC1. The van der Waals surface area contributed by atoms with Gasteiger partial charge < -0.3 is 9.64 Å². The number of sulfone groups is 1. The van der Waals surface area contributed by atoms with Crippen LogP contribution in [0.4, 0.5) is 5.82 Å². The van der Waals surface area contributed by atoms with Gasteiger partial charge in [-0.1, -0.05) is 0 Å². The van der Waals surface area contributed by atoms with Gasteiger partial charge in [0.15, 0.2) is 9.84 Å². The first-order chi connectivity index (χ1) is 13.0. The minimum Gasteiger partial charge on any atom is -0.378 e. The number of rotatable bonds is 4. The Bertz CT molecular complexity index is 1090. The minimum absolute atomic E-state index is 0.647. The predicted molar refractivity (Wildman–Crippen MR) is 102 cm³/mol. The second-order valence-corrected chi connectivity index (χ2v) is 9.58. The molecule has 0 radical (unpaired) electrons. The quantitative estimate of drug-likeness (QED) is 0.731. The lowest BCUT2D eigenvalue weighted by Crippen LogP contribution is -2.37. The molecule has 1 aliphatic carbocycles. The molecule has 27 heavy (non-hydrogen) atoms. The van der Waals surface area contributed by atoms with Crippen molar-refractivity contribution in [2.24, 2.45) is 0 Å². The maximum absolute atomic E-state index is 12.6. The highest BCUT2D eigenvalue weighted by atomic mass is 32.2. The van der Waals surface area contributed by atoms with Crippen LogP contribution in [0.1, 0.15) is 18.4 Å². The molecule has 1 N–H and O–H groups in total. The molecule has 5 rings (SSSR count). The number of H-pyrrole nitrogens is 1. The highest BCUT2D eigenvalue weighted by molar-refractivity contribution is 7.92. The molecule has 0 unspecified atom stereocenters. The van der Waals surface area contributed by atoms with Crippen LogP contribution in [0.25, 0.3) is 16.9 Å². The van der Waals surface area contributed by atoms with Gasteiger partial charge in [0, 0.05) is 37.0 Å². The summed E-state index contributed by atoms with van der Waals surface area (Å²) in [5.41, 5.74) is 1.60. The topological polar surface area (TPSA) is 93.1 Å². The lowest BCUT2D eigenvalue weighted by atomic mass is 10.1. The number of hydrogen-bond acceptors (Lipinski definition) is 6. The smallest absolute Gasteiger partial charge is 0.157 e. The number of pyridine rings is 1. The lowest BCUT2D eigenvalue weighted by Gasteiger charge is -2.29. The van der Waals surface area contributed by atoms with Crippen molar-refractivity contribution in [1.29, 1.82) is 0 Å². The van der Waals surface area contributed by atoms with E-state index in [-0.39, 0.29) is 0 Å². The number of nitrogens with one attached hydrogen (secondary N) is 1. The van der Waals surface area contributed by atoms with Gasteiger partial charge in [-0.25, -0.2) is 13.4 Å². The van der Waals surface area contributed by atoms with E-state index in [4.69, 9.17) is 9.72 Å². The Morgan fingerprint density at radius 1 is 1.22 bits per heavy atom. The summed E-state index contributed by atoms with van der Waals surface area (Å²) in [5.74, 6) is 1.60. The average Bonchev–Trinajstić information content (AvgIpc) is 3.11. The van der Waals surface area contributed by atoms with Gasteiger partial charge in [-0.05, 0) is 30.5 Å². The van der Waals surface area contributed by atoms with Crippen molar-refractivity contribution in [3.05, 3.63) is 36.2 Å². The highest BCUT2D eigenvalue weighted by Gasteiger charge is 2.54. The molecular formula is C18H21N5O3S. The molecule has 0 aromatic carbocycles. The van der Waals surface area contributed by atoms with Crippen LogP contribution in [0.2, 0.25) is 0 Å². The molecule has 3 aromatic heterocycles. The maximum atomic E-state index is 12.6. The second-order valence-electron chi connectivity index (χ2n) is 7.26. The molecule has 2 fully saturated rings. The van der Waals surface area contributed by atoms with E-state index >= 15 is 0 Å². The molecule has 1 saturated heterocycles. The van der Waals surface area contributed by atoms with Gasteiger partial charge in [-0.2, -0.15) is 5.10 Å².